The van der Waals surface area contributed by atoms with Crippen molar-refractivity contribution >= 4 is 17.0 Å². The van der Waals surface area contributed by atoms with Gasteiger partial charge in [-0.25, -0.2) is 9.97 Å². The molecule has 27 heavy (non-hydrogen) atoms. The highest BCUT2D eigenvalue weighted by Crippen LogP contribution is 2.29. The van der Waals surface area contributed by atoms with E-state index in [0.717, 1.165) is 56.5 Å². The van der Waals surface area contributed by atoms with Gasteiger partial charge in [0.1, 0.15) is 6.33 Å². The smallest absolute Gasteiger partial charge is 0.252 e. The van der Waals surface area contributed by atoms with Gasteiger partial charge in [0.05, 0.1) is 6.10 Å². The maximum absolute atomic E-state index is 10.6. The van der Waals surface area contributed by atoms with Crippen LogP contribution in [-0.4, -0.2) is 39.3 Å². The summed E-state index contributed by atoms with van der Waals surface area (Å²) in [6, 6.07) is 10.4. The van der Waals surface area contributed by atoms with Gasteiger partial charge < -0.3 is 14.4 Å². The molecule has 0 spiro atoms. The number of oxazole rings is 1. The average Bonchev–Trinajstić information content (AvgIpc) is 3.16. The van der Waals surface area contributed by atoms with E-state index in [2.05, 4.69) is 44.1 Å². The molecule has 0 bridgehead atoms. The van der Waals surface area contributed by atoms with Crippen molar-refractivity contribution in [1.29, 1.82) is 0 Å². The Hall–Kier alpha value is -2.47. The van der Waals surface area contributed by atoms with Crippen molar-refractivity contribution in [3.8, 4) is 0 Å². The fourth-order valence-corrected chi connectivity index (χ4v) is 3.86. The number of hydrogen-bond donors (Lipinski definition) is 1. The first-order valence-corrected chi connectivity index (χ1v) is 9.82. The SMILES string of the molecule is CCc1nc2c(N3CCC([C@H](O)CCc4ccccc4)CC3)ncnc2o1. The maximum Gasteiger partial charge on any atom is 0.252 e. The van der Waals surface area contributed by atoms with Crippen molar-refractivity contribution in [3.05, 3.63) is 48.1 Å². The molecule has 1 aromatic carbocycles. The summed E-state index contributed by atoms with van der Waals surface area (Å²) in [6.45, 7) is 3.75. The molecular formula is C21H26N4O2. The molecule has 4 rings (SSSR count). The van der Waals surface area contributed by atoms with Crippen molar-refractivity contribution < 1.29 is 9.52 Å². The molecule has 0 unspecified atom stereocenters. The Kier molecular flexibility index (Phi) is 5.34. The van der Waals surface area contributed by atoms with Crippen LogP contribution in [-0.2, 0) is 12.8 Å². The van der Waals surface area contributed by atoms with Gasteiger partial charge in [-0.2, -0.15) is 4.98 Å². The number of piperidine rings is 1. The molecule has 1 fully saturated rings. The highest BCUT2D eigenvalue weighted by molar-refractivity contribution is 5.81. The third kappa shape index (κ3) is 3.95. The van der Waals surface area contributed by atoms with Crippen molar-refractivity contribution in [1.82, 2.24) is 15.0 Å². The lowest BCUT2D eigenvalue weighted by Gasteiger charge is -2.34. The minimum Gasteiger partial charge on any atom is -0.422 e. The number of aliphatic hydroxyl groups is 1. The van der Waals surface area contributed by atoms with E-state index in [0.29, 0.717) is 17.5 Å². The van der Waals surface area contributed by atoms with Gasteiger partial charge in [-0.05, 0) is 37.2 Å². The number of rotatable bonds is 6. The summed E-state index contributed by atoms with van der Waals surface area (Å²) in [7, 11) is 0. The van der Waals surface area contributed by atoms with Crippen LogP contribution in [0.5, 0.6) is 0 Å². The standard InChI is InChI=1S/C21H26N4O2/c1-2-18-24-19-20(22-14-23-21(19)27-18)25-12-10-16(11-13-25)17(26)9-8-15-6-4-3-5-7-15/h3-7,14,16-17,26H,2,8-13H2,1H3/t17-/m1/s1. The lowest BCUT2D eigenvalue weighted by molar-refractivity contribution is 0.0850. The Morgan fingerprint density at radius 2 is 1.96 bits per heavy atom. The summed E-state index contributed by atoms with van der Waals surface area (Å²) in [6.07, 6.45) is 5.69. The lowest BCUT2D eigenvalue weighted by Crippen LogP contribution is -2.38. The number of anilines is 1. The summed E-state index contributed by atoms with van der Waals surface area (Å²) >= 11 is 0. The number of aryl methyl sites for hydroxylation is 2. The summed E-state index contributed by atoms with van der Waals surface area (Å²) in [4.78, 5) is 15.4. The van der Waals surface area contributed by atoms with E-state index in [-0.39, 0.29) is 6.10 Å². The van der Waals surface area contributed by atoms with Crippen molar-refractivity contribution in [2.24, 2.45) is 5.92 Å². The summed E-state index contributed by atoms with van der Waals surface area (Å²) in [5.41, 5.74) is 2.59. The van der Waals surface area contributed by atoms with Crippen LogP contribution in [0.3, 0.4) is 0 Å². The number of aliphatic hydroxyl groups excluding tert-OH is 1. The zero-order chi connectivity index (χ0) is 18.6. The number of benzene rings is 1. The van der Waals surface area contributed by atoms with Crippen LogP contribution < -0.4 is 4.90 Å². The Morgan fingerprint density at radius 1 is 1.19 bits per heavy atom. The molecule has 1 N–H and O–H groups in total. The molecule has 1 atom stereocenters. The van der Waals surface area contributed by atoms with Crippen molar-refractivity contribution in [2.75, 3.05) is 18.0 Å². The molecule has 6 heteroatoms. The molecular weight excluding hydrogens is 340 g/mol. The summed E-state index contributed by atoms with van der Waals surface area (Å²) in [5, 5.41) is 10.6. The molecule has 6 nitrogen and oxygen atoms in total. The zero-order valence-corrected chi connectivity index (χ0v) is 15.7. The second kappa shape index (κ2) is 8.05. The zero-order valence-electron chi connectivity index (χ0n) is 15.7. The molecule has 0 radical (unpaired) electrons. The topological polar surface area (TPSA) is 75.3 Å². The van der Waals surface area contributed by atoms with E-state index in [1.807, 2.05) is 13.0 Å². The maximum atomic E-state index is 10.6. The van der Waals surface area contributed by atoms with E-state index in [1.54, 1.807) is 6.33 Å². The highest BCUT2D eigenvalue weighted by Gasteiger charge is 2.27. The first-order chi connectivity index (χ1) is 13.2. The third-order valence-corrected chi connectivity index (χ3v) is 5.48. The molecule has 0 aliphatic carbocycles. The minimum atomic E-state index is -0.253. The normalized spacial score (nSPS) is 16.7. The van der Waals surface area contributed by atoms with Gasteiger partial charge in [-0.3, -0.25) is 0 Å². The molecule has 0 amide bonds. The number of nitrogens with zero attached hydrogens (tertiary/aromatic N) is 4. The Labute approximate surface area is 159 Å². The van der Waals surface area contributed by atoms with Crippen LogP contribution in [0, 0.1) is 5.92 Å². The molecule has 142 valence electrons. The van der Waals surface area contributed by atoms with Crippen LogP contribution >= 0.6 is 0 Å². The molecule has 1 aliphatic rings. The monoisotopic (exact) mass is 366 g/mol. The molecule has 3 aromatic rings. The fourth-order valence-electron chi connectivity index (χ4n) is 3.86. The number of hydrogen-bond acceptors (Lipinski definition) is 6. The van der Waals surface area contributed by atoms with Crippen LogP contribution in [0.2, 0.25) is 0 Å². The van der Waals surface area contributed by atoms with Gasteiger partial charge in [0, 0.05) is 19.5 Å². The second-order valence-corrected chi connectivity index (χ2v) is 7.23. The lowest BCUT2D eigenvalue weighted by atomic mass is 9.88. The number of aromatic nitrogens is 3. The van der Waals surface area contributed by atoms with Crippen molar-refractivity contribution in [2.45, 2.75) is 45.1 Å². The minimum absolute atomic E-state index is 0.253. The first-order valence-electron chi connectivity index (χ1n) is 9.82. The van der Waals surface area contributed by atoms with E-state index < -0.39 is 0 Å². The Morgan fingerprint density at radius 3 is 2.70 bits per heavy atom. The van der Waals surface area contributed by atoms with Gasteiger partial charge in [-0.15, -0.1) is 0 Å². The van der Waals surface area contributed by atoms with Gasteiger partial charge in [0.25, 0.3) is 5.71 Å². The first kappa shape index (κ1) is 17.9. The van der Waals surface area contributed by atoms with Gasteiger partial charge in [-0.1, -0.05) is 37.3 Å². The largest absolute Gasteiger partial charge is 0.422 e. The Bertz CT molecular complexity index is 872. The molecule has 0 saturated carbocycles. The van der Waals surface area contributed by atoms with Crippen LogP contribution in [0.25, 0.3) is 11.2 Å². The van der Waals surface area contributed by atoms with E-state index in [9.17, 15) is 5.11 Å². The van der Waals surface area contributed by atoms with Gasteiger partial charge >= 0.3 is 0 Å². The van der Waals surface area contributed by atoms with Crippen LogP contribution in [0.4, 0.5) is 5.82 Å². The van der Waals surface area contributed by atoms with E-state index in [4.69, 9.17) is 4.42 Å². The van der Waals surface area contributed by atoms with Crippen molar-refractivity contribution in [3.63, 3.8) is 0 Å². The number of fused-ring (bicyclic) bond motifs is 1. The fraction of sp³-hybridized carbons (Fsp3) is 0.476. The predicted octanol–water partition coefficient (Wildman–Crippen LogP) is 3.39. The quantitative estimate of drug-likeness (QED) is 0.721. The summed E-state index contributed by atoms with van der Waals surface area (Å²) in [5.74, 6) is 1.88. The second-order valence-electron chi connectivity index (χ2n) is 7.23. The molecule has 1 aliphatic heterocycles. The highest BCUT2D eigenvalue weighted by atomic mass is 16.4. The van der Waals surface area contributed by atoms with E-state index in [1.165, 1.54) is 5.56 Å². The molecule has 3 heterocycles. The summed E-state index contributed by atoms with van der Waals surface area (Å²) < 4.78 is 5.65. The van der Waals surface area contributed by atoms with Crippen LogP contribution in [0.1, 0.15) is 37.6 Å². The third-order valence-electron chi connectivity index (χ3n) is 5.48. The van der Waals surface area contributed by atoms with Gasteiger partial charge in [0.15, 0.2) is 17.2 Å². The Balaban J connectivity index is 1.37. The van der Waals surface area contributed by atoms with Crippen LogP contribution in [0.15, 0.2) is 41.1 Å². The van der Waals surface area contributed by atoms with Gasteiger partial charge in [0.2, 0.25) is 0 Å². The molecule has 2 aromatic heterocycles. The predicted molar refractivity (Wildman–Crippen MR) is 105 cm³/mol. The molecule has 1 saturated heterocycles. The average molecular weight is 366 g/mol. The van der Waals surface area contributed by atoms with E-state index >= 15 is 0 Å².